The van der Waals surface area contributed by atoms with Crippen molar-refractivity contribution in [2.24, 2.45) is 0 Å². The van der Waals surface area contributed by atoms with Crippen LogP contribution in [0, 0.1) is 0 Å². The third-order valence-electron chi connectivity index (χ3n) is 3.11. The highest BCUT2D eigenvalue weighted by atomic mass is 19.4. The van der Waals surface area contributed by atoms with Crippen LogP contribution in [0.3, 0.4) is 0 Å². The van der Waals surface area contributed by atoms with Gasteiger partial charge in [-0.05, 0) is 12.1 Å². The summed E-state index contributed by atoms with van der Waals surface area (Å²) in [5.41, 5.74) is -0.590. The Morgan fingerprint density at radius 2 is 2.17 bits per heavy atom. The van der Waals surface area contributed by atoms with Gasteiger partial charge in [0.15, 0.2) is 0 Å². The van der Waals surface area contributed by atoms with E-state index in [-0.39, 0.29) is 36.0 Å². The van der Waals surface area contributed by atoms with Crippen LogP contribution in [0.5, 0.6) is 0 Å². The minimum Gasteiger partial charge on any atom is -0.383 e. The molecule has 0 fully saturated rings. The molecule has 2 rings (SSSR count). The van der Waals surface area contributed by atoms with Gasteiger partial charge in [0.2, 0.25) is 17.6 Å². The summed E-state index contributed by atoms with van der Waals surface area (Å²) in [6, 6.07) is 4.65. The first-order chi connectivity index (χ1) is 11.4. The van der Waals surface area contributed by atoms with E-state index in [1.807, 2.05) is 0 Å². The Morgan fingerprint density at radius 3 is 2.88 bits per heavy atom. The number of carbonyl (C=O) groups excluding carboxylic acids is 1. The first-order valence-corrected chi connectivity index (χ1v) is 7.16. The van der Waals surface area contributed by atoms with Gasteiger partial charge in [-0.2, -0.15) is 18.2 Å². The lowest BCUT2D eigenvalue weighted by atomic mass is 10.1. The molecule has 0 atom stereocenters. The zero-order chi connectivity index (χ0) is 17.6. The summed E-state index contributed by atoms with van der Waals surface area (Å²) in [6.07, 6.45) is -4.11. The van der Waals surface area contributed by atoms with Crippen molar-refractivity contribution >= 4 is 5.91 Å². The van der Waals surface area contributed by atoms with Gasteiger partial charge in [-0.1, -0.05) is 17.3 Å². The largest absolute Gasteiger partial charge is 0.416 e. The normalized spacial score (nSPS) is 11.5. The quantitative estimate of drug-likeness (QED) is 0.782. The highest BCUT2D eigenvalue weighted by Gasteiger charge is 2.30. The van der Waals surface area contributed by atoms with E-state index in [0.29, 0.717) is 13.2 Å². The molecule has 1 heterocycles. The Kier molecular flexibility index (Phi) is 5.91. The number of amides is 1. The van der Waals surface area contributed by atoms with E-state index in [1.54, 1.807) is 0 Å². The molecule has 1 aromatic heterocycles. The number of aromatic nitrogens is 2. The molecular weight excluding hydrogens is 327 g/mol. The molecule has 0 bridgehead atoms. The summed E-state index contributed by atoms with van der Waals surface area (Å²) in [5, 5.41) is 6.30. The van der Waals surface area contributed by atoms with E-state index >= 15 is 0 Å². The Morgan fingerprint density at radius 1 is 1.38 bits per heavy atom. The molecule has 1 aromatic carbocycles. The Bertz CT molecular complexity index is 686. The molecule has 0 aliphatic heterocycles. The molecule has 0 saturated carbocycles. The second-order valence-corrected chi connectivity index (χ2v) is 4.93. The number of benzene rings is 1. The van der Waals surface area contributed by atoms with Gasteiger partial charge in [0.25, 0.3) is 0 Å². The molecule has 130 valence electrons. The highest BCUT2D eigenvalue weighted by molar-refractivity contribution is 5.76. The van der Waals surface area contributed by atoms with Gasteiger partial charge in [0.05, 0.1) is 12.2 Å². The van der Waals surface area contributed by atoms with E-state index < -0.39 is 11.7 Å². The summed E-state index contributed by atoms with van der Waals surface area (Å²) in [5.74, 6) is 0.0334. The van der Waals surface area contributed by atoms with Crippen LogP contribution in [0.2, 0.25) is 0 Å². The van der Waals surface area contributed by atoms with Gasteiger partial charge in [-0.3, -0.25) is 4.79 Å². The number of carbonyl (C=O) groups is 1. The van der Waals surface area contributed by atoms with E-state index in [1.165, 1.54) is 19.2 Å². The van der Waals surface area contributed by atoms with Crippen LogP contribution in [0.1, 0.15) is 17.9 Å². The van der Waals surface area contributed by atoms with Crippen LogP contribution in [-0.4, -0.2) is 36.3 Å². The Hall–Kier alpha value is -2.42. The molecule has 0 spiro atoms. The average Bonchev–Trinajstić information content (AvgIpc) is 3.01. The lowest BCUT2D eigenvalue weighted by Gasteiger charge is -2.06. The van der Waals surface area contributed by atoms with Crippen molar-refractivity contribution < 1.29 is 27.2 Å². The maximum absolute atomic E-state index is 12.7. The minimum absolute atomic E-state index is 0.0518. The number of halogens is 3. The molecule has 0 aliphatic carbocycles. The van der Waals surface area contributed by atoms with Crippen molar-refractivity contribution in [3.05, 3.63) is 35.7 Å². The van der Waals surface area contributed by atoms with Crippen LogP contribution >= 0.6 is 0 Å². The minimum atomic E-state index is -4.44. The second-order valence-electron chi connectivity index (χ2n) is 4.93. The summed E-state index contributed by atoms with van der Waals surface area (Å²) in [6.45, 7) is 0.806. The number of ether oxygens (including phenoxy) is 1. The van der Waals surface area contributed by atoms with Crippen molar-refractivity contribution in [2.45, 2.75) is 19.0 Å². The smallest absolute Gasteiger partial charge is 0.383 e. The fourth-order valence-electron chi connectivity index (χ4n) is 1.91. The SMILES string of the molecule is COCCNC(=O)CCc1nc(-c2cccc(C(F)(F)F)c2)no1. The molecular formula is C15H16F3N3O3. The first kappa shape index (κ1) is 17.9. The molecule has 2 aromatic rings. The molecule has 0 aliphatic rings. The highest BCUT2D eigenvalue weighted by Crippen LogP contribution is 2.31. The van der Waals surface area contributed by atoms with Crippen LogP contribution in [-0.2, 0) is 22.1 Å². The summed E-state index contributed by atoms with van der Waals surface area (Å²) < 4.78 is 47.9. The molecule has 24 heavy (non-hydrogen) atoms. The number of aryl methyl sites for hydroxylation is 1. The molecule has 9 heteroatoms. The van der Waals surface area contributed by atoms with E-state index in [4.69, 9.17) is 9.26 Å². The predicted molar refractivity (Wildman–Crippen MR) is 77.9 cm³/mol. The molecule has 0 radical (unpaired) electrons. The van der Waals surface area contributed by atoms with E-state index in [9.17, 15) is 18.0 Å². The Balaban J connectivity index is 1.97. The van der Waals surface area contributed by atoms with Gasteiger partial charge in [0.1, 0.15) is 0 Å². The monoisotopic (exact) mass is 343 g/mol. The first-order valence-electron chi connectivity index (χ1n) is 7.16. The zero-order valence-electron chi connectivity index (χ0n) is 12.9. The van der Waals surface area contributed by atoms with Crippen LogP contribution in [0.4, 0.5) is 13.2 Å². The van der Waals surface area contributed by atoms with Crippen molar-refractivity contribution in [3.63, 3.8) is 0 Å². The third-order valence-corrected chi connectivity index (χ3v) is 3.11. The number of hydrogen-bond donors (Lipinski definition) is 1. The maximum atomic E-state index is 12.7. The third kappa shape index (κ3) is 5.05. The maximum Gasteiger partial charge on any atom is 0.416 e. The molecule has 6 nitrogen and oxygen atoms in total. The van der Waals surface area contributed by atoms with Crippen LogP contribution in [0.15, 0.2) is 28.8 Å². The predicted octanol–water partition coefficient (Wildman–Crippen LogP) is 2.45. The van der Waals surface area contributed by atoms with Gasteiger partial charge in [-0.25, -0.2) is 0 Å². The lowest BCUT2D eigenvalue weighted by molar-refractivity contribution is -0.137. The van der Waals surface area contributed by atoms with Crippen LogP contribution < -0.4 is 5.32 Å². The lowest BCUT2D eigenvalue weighted by Crippen LogP contribution is -2.27. The van der Waals surface area contributed by atoms with Crippen molar-refractivity contribution in [2.75, 3.05) is 20.3 Å². The second kappa shape index (κ2) is 7.91. The van der Waals surface area contributed by atoms with Crippen molar-refractivity contribution in [3.8, 4) is 11.4 Å². The molecule has 1 N–H and O–H groups in total. The Labute approximate surface area is 136 Å². The van der Waals surface area contributed by atoms with E-state index in [0.717, 1.165) is 12.1 Å². The van der Waals surface area contributed by atoms with Crippen LogP contribution in [0.25, 0.3) is 11.4 Å². The standard InChI is InChI=1S/C15H16F3N3O3/c1-23-8-7-19-12(22)5-6-13-20-14(21-24-13)10-3-2-4-11(9-10)15(16,17)18/h2-4,9H,5-8H2,1H3,(H,19,22). The van der Waals surface area contributed by atoms with Crippen molar-refractivity contribution in [1.82, 2.24) is 15.5 Å². The molecule has 1 amide bonds. The summed E-state index contributed by atoms with van der Waals surface area (Å²) >= 11 is 0. The summed E-state index contributed by atoms with van der Waals surface area (Å²) in [7, 11) is 1.53. The zero-order valence-corrected chi connectivity index (χ0v) is 12.9. The van der Waals surface area contributed by atoms with E-state index in [2.05, 4.69) is 15.5 Å². The number of nitrogens with one attached hydrogen (secondary N) is 1. The van der Waals surface area contributed by atoms with Gasteiger partial charge >= 0.3 is 6.18 Å². The number of methoxy groups -OCH3 is 1. The average molecular weight is 343 g/mol. The fourth-order valence-corrected chi connectivity index (χ4v) is 1.91. The van der Waals surface area contributed by atoms with Gasteiger partial charge in [0, 0.05) is 32.1 Å². The molecule has 0 unspecified atom stereocenters. The topological polar surface area (TPSA) is 77.2 Å². The summed E-state index contributed by atoms with van der Waals surface area (Å²) in [4.78, 5) is 15.6. The number of hydrogen-bond acceptors (Lipinski definition) is 5. The van der Waals surface area contributed by atoms with Gasteiger partial charge in [-0.15, -0.1) is 0 Å². The van der Waals surface area contributed by atoms with Gasteiger partial charge < -0.3 is 14.6 Å². The fraction of sp³-hybridized carbons (Fsp3) is 0.400. The number of nitrogens with zero attached hydrogens (tertiary/aromatic N) is 2. The molecule has 0 saturated heterocycles. The van der Waals surface area contributed by atoms with Crippen molar-refractivity contribution in [1.29, 1.82) is 0 Å². The number of rotatable bonds is 7. The number of alkyl halides is 3.